The first kappa shape index (κ1) is 40.3. The average molecular weight is 718 g/mol. The van der Waals surface area contributed by atoms with E-state index < -0.39 is 48.4 Å². The smallest absolute Gasteiger partial charge is 0.227 e. The van der Waals surface area contributed by atoms with Crippen LogP contribution in [0.2, 0.25) is 0 Å². The van der Waals surface area contributed by atoms with E-state index >= 15 is 0 Å². The van der Waals surface area contributed by atoms with Gasteiger partial charge < -0.3 is 24.3 Å². The second-order valence-electron chi connectivity index (χ2n) is 12.4. The van der Waals surface area contributed by atoms with E-state index in [1.54, 1.807) is 26.0 Å². The normalized spacial score (nSPS) is 25.2. The minimum atomic E-state index is -3.46. The van der Waals surface area contributed by atoms with Gasteiger partial charge >= 0.3 is 0 Å². The molecule has 0 heterocycles. The molecule has 0 amide bonds. The molecule has 0 aliphatic heterocycles. The highest BCUT2D eigenvalue weighted by Gasteiger charge is 2.64. The molecule has 268 valence electrons. The first-order chi connectivity index (χ1) is 22.8. The Morgan fingerprint density at radius 1 is 0.771 bits per heavy atom. The van der Waals surface area contributed by atoms with Crippen molar-refractivity contribution >= 4 is 14.7 Å². The summed E-state index contributed by atoms with van der Waals surface area (Å²) in [6.45, 7) is 14.8. The van der Waals surface area contributed by atoms with Crippen molar-refractivity contribution in [3.05, 3.63) is 96.1 Å². The van der Waals surface area contributed by atoms with Crippen LogP contribution in [0.3, 0.4) is 0 Å². The van der Waals surface area contributed by atoms with Crippen LogP contribution in [0.1, 0.15) is 57.6 Å². The Labute approximate surface area is 282 Å². The topological polar surface area (TPSA) is 97.1 Å². The van der Waals surface area contributed by atoms with Gasteiger partial charge in [-0.3, -0.25) is 9.13 Å². The van der Waals surface area contributed by atoms with E-state index in [1.807, 2.05) is 6.92 Å². The minimum Gasteiger partial charge on any atom is -0.377 e. The first-order valence-electron chi connectivity index (χ1n) is 16.2. The van der Waals surface area contributed by atoms with E-state index in [0.29, 0.717) is 39.3 Å². The van der Waals surface area contributed by atoms with E-state index in [-0.39, 0.29) is 48.5 Å². The van der Waals surface area contributed by atoms with Crippen molar-refractivity contribution in [3.63, 3.8) is 0 Å². The maximum atomic E-state index is 14.0. The van der Waals surface area contributed by atoms with Crippen molar-refractivity contribution in [2.45, 2.75) is 69.2 Å². The lowest BCUT2D eigenvalue weighted by atomic mass is 10.2. The highest BCUT2D eigenvalue weighted by molar-refractivity contribution is 7.60. The van der Waals surface area contributed by atoms with Crippen LogP contribution in [0.15, 0.2) is 61.7 Å². The Kier molecular flexibility index (Phi) is 14.9. The van der Waals surface area contributed by atoms with Crippen LogP contribution < -0.4 is 5.73 Å². The third kappa shape index (κ3) is 9.57. The Bertz CT molecular complexity index is 1340. The third-order valence-electron chi connectivity index (χ3n) is 9.14. The summed E-state index contributed by atoms with van der Waals surface area (Å²) >= 11 is 0. The summed E-state index contributed by atoms with van der Waals surface area (Å²) < 4.78 is 104. The van der Waals surface area contributed by atoms with E-state index in [4.69, 9.17) is 24.3 Å². The zero-order valence-corrected chi connectivity index (χ0v) is 29.9. The van der Waals surface area contributed by atoms with Crippen molar-refractivity contribution in [2.75, 3.05) is 39.6 Å². The monoisotopic (exact) mass is 717 g/mol. The molecule has 2 saturated carbocycles. The van der Waals surface area contributed by atoms with Gasteiger partial charge in [0.2, 0.25) is 14.7 Å². The lowest BCUT2D eigenvalue weighted by Gasteiger charge is -2.26. The summed E-state index contributed by atoms with van der Waals surface area (Å²) in [4.78, 5) is 0. The zero-order valence-electron chi connectivity index (χ0n) is 28.1. The molecule has 2 N–H and O–H groups in total. The fourth-order valence-corrected chi connectivity index (χ4v) is 12.1. The number of halogens is 4. The predicted octanol–water partition coefficient (Wildman–Crippen LogP) is 9.20. The van der Waals surface area contributed by atoms with E-state index in [9.17, 15) is 26.7 Å². The van der Waals surface area contributed by atoms with Gasteiger partial charge in [-0.15, -0.1) is 13.2 Å². The highest BCUT2D eigenvalue weighted by atomic mass is 31.2. The number of hydrogen-bond acceptors (Lipinski definition) is 7. The molecule has 2 aromatic carbocycles. The Balaban J connectivity index is 0.000000260. The van der Waals surface area contributed by atoms with Crippen molar-refractivity contribution in [1.29, 1.82) is 0 Å². The van der Waals surface area contributed by atoms with Gasteiger partial charge in [-0.1, -0.05) is 31.2 Å². The molecule has 6 atom stereocenters. The fraction of sp³-hybridized carbons (Fsp3) is 0.543. The standard InChI is InChI=1S/C18H25F2O3P.C17H24F2NO3P/c1-4-10-22-11-9-14-12-18(14,3)24(21,23-5-2)13-15-16(19)7-6-8-17(15)20;1-3-9-22-10-8-13-11-17(13,20)24(21,23-4-2)12-14-15(18)6-5-7-16(14)19/h4,6-8,14H,1,5,9-13H2,2-3H3;3,5-7,13H,1,4,8-12,20H2,2H3/t14-,18+,24?;13-,17+,24?/m11/s1. The molecule has 2 aliphatic rings. The van der Waals surface area contributed by atoms with Gasteiger partial charge in [-0.2, -0.15) is 0 Å². The summed E-state index contributed by atoms with van der Waals surface area (Å²) in [7, 11) is -6.69. The Morgan fingerprint density at radius 3 is 1.62 bits per heavy atom. The quantitative estimate of drug-likeness (QED) is 0.0632. The van der Waals surface area contributed by atoms with Crippen molar-refractivity contribution < 1.29 is 45.2 Å². The number of nitrogens with two attached hydrogens (primary N) is 1. The van der Waals surface area contributed by atoms with Crippen LogP contribution >= 0.6 is 14.7 Å². The minimum absolute atomic E-state index is 0.0467. The molecule has 2 aliphatic carbocycles. The number of hydrogen-bond donors (Lipinski definition) is 1. The molecular formula is C35H49F4NO6P2. The Hall–Kier alpha value is -2.10. The largest absolute Gasteiger partial charge is 0.377 e. The summed E-state index contributed by atoms with van der Waals surface area (Å²) in [5, 5.41) is -1.59. The van der Waals surface area contributed by atoms with Gasteiger partial charge in [0.15, 0.2) is 0 Å². The number of rotatable bonds is 20. The van der Waals surface area contributed by atoms with Crippen LogP contribution in [0.4, 0.5) is 17.6 Å². The molecule has 0 saturated heterocycles. The molecule has 2 unspecified atom stereocenters. The average Bonchev–Trinajstić information content (AvgIpc) is 3.93. The molecule has 0 spiro atoms. The first-order valence-corrected chi connectivity index (χ1v) is 19.9. The molecule has 7 nitrogen and oxygen atoms in total. The molecule has 48 heavy (non-hydrogen) atoms. The van der Waals surface area contributed by atoms with Crippen LogP contribution in [0.25, 0.3) is 0 Å². The highest BCUT2D eigenvalue weighted by Crippen LogP contribution is 2.75. The molecular weight excluding hydrogens is 668 g/mol. The summed E-state index contributed by atoms with van der Waals surface area (Å²) in [6.07, 6.45) is 5.38. The lowest BCUT2D eigenvalue weighted by molar-refractivity contribution is 0.154. The van der Waals surface area contributed by atoms with Crippen LogP contribution in [0, 0.1) is 35.1 Å². The lowest BCUT2D eigenvalue weighted by Crippen LogP contribution is -2.28. The molecule has 2 fully saturated rings. The van der Waals surface area contributed by atoms with Crippen LogP contribution in [0.5, 0.6) is 0 Å². The van der Waals surface area contributed by atoms with Gasteiger partial charge in [-0.25, -0.2) is 17.6 Å². The number of benzene rings is 2. The SMILES string of the molecule is C=CCOCC[C@@H]1C[C@]1(C)P(=O)(Cc1c(F)cccc1F)OCC.C=CCOCC[C@@H]1C[C@]1(N)P(=O)(Cc1c(F)cccc1F)OCC. The molecule has 0 aromatic heterocycles. The molecule has 0 bridgehead atoms. The molecule has 2 aromatic rings. The number of ether oxygens (including phenoxy) is 2. The van der Waals surface area contributed by atoms with Gasteiger partial charge in [0.1, 0.15) is 23.3 Å². The van der Waals surface area contributed by atoms with Gasteiger partial charge in [0.25, 0.3) is 0 Å². The van der Waals surface area contributed by atoms with Crippen molar-refractivity contribution in [1.82, 2.24) is 0 Å². The van der Waals surface area contributed by atoms with Crippen LogP contribution in [-0.4, -0.2) is 50.1 Å². The molecule has 0 radical (unpaired) electrons. The van der Waals surface area contributed by atoms with Crippen molar-refractivity contribution in [3.8, 4) is 0 Å². The van der Waals surface area contributed by atoms with Gasteiger partial charge in [0.05, 0.1) is 44.0 Å². The molecule has 4 rings (SSSR count). The van der Waals surface area contributed by atoms with E-state index in [2.05, 4.69) is 13.2 Å². The van der Waals surface area contributed by atoms with Gasteiger partial charge in [-0.05, 0) is 75.6 Å². The maximum Gasteiger partial charge on any atom is 0.227 e. The van der Waals surface area contributed by atoms with E-state index in [1.165, 1.54) is 24.3 Å². The maximum absolute atomic E-state index is 14.0. The summed E-state index contributed by atoms with van der Waals surface area (Å²) in [5.74, 6) is -2.69. The Morgan fingerprint density at radius 2 is 1.19 bits per heavy atom. The second-order valence-corrected chi connectivity index (χ2v) is 18.1. The van der Waals surface area contributed by atoms with Crippen molar-refractivity contribution in [2.24, 2.45) is 17.6 Å². The fourth-order valence-electron chi connectivity index (χ4n) is 6.05. The third-order valence-corrected chi connectivity index (χ3v) is 15.9. The zero-order chi connectivity index (χ0) is 35.6. The van der Waals surface area contributed by atoms with Gasteiger partial charge in [0, 0.05) is 29.5 Å². The van der Waals surface area contributed by atoms with E-state index in [0.717, 1.165) is 25.0 Å². The second kappa shape index (κ2) is 17.7. The van der Waals surface area contributed by atoms with Crippen LogP contribution in [-0.2, 0) is 40.0 Å². The summed E-state index contributed by atoms with van der Waals surface area (Å²) in [6, 6.07) is 7.24. The predicted molar refractivity (Wildman–Crippen MR) is 181 cm³/mol. The molecule has 13 heteroatoms. The summed E-state index contributed by atoms with van der Waals surface area (Å²) in [5.41, 5.74) is 5.93.